The Morgan fingerprint density at radius 2 is 1.60 bits per heavy atom. The van der Waals surface area contributed by atoms with Crippen molar-refractivity contribution < 1.29 is 37.7 Å². The van der Waals surface area contributed by atoms with Crippen LogP contribution >= 0.6 is 0 Å². The van der Waals surface area contributed by atoms with E-state index < -0.39 is 12.0 Å². The van der Waals surface area contributed by atoms with Crippen molar-refractivity contribution in [1.82, 2.24) is 9.80 Å². The van der Waals surface area contributed by atoms with E-state index in [9.17, 15) is 14.0 Å². The Morgan fingerprint density at radius 3 is 2.25 bits per heavy atom. The Balaban J connectivity index is 1.62. The minimum absolute atomic E-state index is 0.0103. The molecule has 1 atom stereocenters. The lowest BCUT2D eigenvalue weighted by Gasteiger charge is -2.25. The third kappa shape index (κ3) is 6.45. The summed E-state index contributed by atoms with van der Waals surface area (Å²) in [5.41, 5.74) is 1.49. The Kier molecular flexibility index (Phi) is 9.44. The first-order chi connectivity index (χ1) is 19.4. The van der Waals surface area contributed by atoms with Gasteiger partial charge in [0, 0.05) is 25.2 Å². The molecule has 1 aliphatic rings. The Labute approximate surface area is 232 Å². The predicted octanol–water partition coefficient (Wildman–Crippen LogP) is 3.93. The number of ether oxygens (including phenoxy) is 5. The van der Waals surface area contributed by atoms with Crippen LogP contribution in [0, 0.1) is 5.82 Å². The first kappa shape index (κ1) is 28.7. The van der Waals surface area contributed by atoms with Crippen LogP contribution in [-0.2, 0) is 22.7 Å². The summed E-state index contributed by atoms with van der Waals surface area (Å²) in [5, 5.41) is 0. The Bertz CT molecular complexity index is 1330. The van der Waals surface area contributed by atoms with Crippen LogP contribution in [0.3, 0.4) is 0 Å². The van der Waals surface area contributed by atoms with E-state index in [-0.39, 0.29) is 55.0 Å². The van der Waals surface area contributed by atoms with Gasteiger partial charge in [0.05, 0.1) is 46.7 Å². The highest BCUT2D eigenvalue weighted by Crippen LogP contribution is 2.40. The number of benzene rings is 3. The van der Waals surface area contributed by atoms with Gasteiger partial charge in [0.1, 0.15) is 18.1 Å². The van der Waals surface area contributed by atoms with Crippen LogP contribution in [0.5, 0.6) is 23.0 Å². The predicted molar refractivity (Wildman–Crippen MR) is 145 cm³/mol. The van der Waals surface area contributed by atoms with Gasteiger partial charge >= 0.3 is 0 Å². The minimum Gasteiger partial charge on any atom is -0.497 e. The second kappa shape index (κ2) is 13.2. The highest BCUT2D eigenvalue weighted by Gasteiger charge is 2.33. The van der Waals surface area contributed by atoms with E-state index in [0.717, 1.165) is 5.56 Å². The standard InChI is InChI=1S/C30H33FN2O7/c1-36-22-11-9-20(10-12-22)15-32-16-23(40-19-21-7-5-6-8-25(21)31)17-33(18-27(32)34)30(35)24-13-14-26(37-2)29(39-4)28(24)38-3/h5-14,23H,15-19H2,1-4H3. The SMILES string of the molecule is COc1ccc(CN2CC(OCc3ccccc3F)CN(C(=O)c3ccc(OC)c(OC)c3OC)CC2=O)cc1. The highest BCUT2D eigenvalue weighted by molar-refractivity contribution is 6.00. The van der Waals surface area contributed by atoms with E-state index in [4.69, 9.17) is 23.7 Å². The number of halogens is 1. The normalized spacial score (nSPS) is 15.4. The average molecular weight is 553 g/mol. The number of carbonyl (C=O) groups is 2. The van der Waals surface area contributed by atoms with Gasteiger partial charge in [-0.05, 0) is 35.9 Å². The second-order valence-corrected chi connectivity index (χ2v) is 9.21. The fraction of sp³-hybridized carbons (Fsp3) is 0.333. The van der Waals surface area contributed by atoms with Gasteiger partial charge in [-0.1, -0.05) is 30.3 Å². The molecule has 212 valence electrons. The van der Waals surface area contributed by atoms with Crippen molar-refractivity contribution in [2.75, 3.05) is 48.1 Å². The summed E-state index contributed by atoms with van der Waals surface area (Å²) >= 11 is 0. The highest BCUT2D eigenvalue weighted by atomic mass is 19.1. The zero-order valence-corrected chi connectivity index (χ0v) is 23.0. The van der Waals surface area contributed by atoms with Gasteiger partial charge in [0.15, 0.2) is 11.5 Å². The minimum atomic E-state index is -0.584. The van der Waals surface area contributed by atoms with Gasteiger partial charge in [0.2, 0.25) is 11.7 Å². The van der Waals surface area contributed by atoms with Gasteiger partial charge in [0.25, 0.3) is 5.91 Å². The maximum atomic E-state index is 14.3. The first-order valence-corrected chi connectivity index (χ1v) is 12.7. The fourth-order valence-electron chi connectivity index (χ4n) is 4.61. The third-order valence-corrected chi connectivity index (χ3v) is 6.71. The monoisotopic (exact) mass is 552 g/mol. The van der Waals surface area contributed by atoms with E-state index in [1.807, 2.05) is 24.3 Å². The van der Waals surface area contributed by atoms with E-state index in [1.165, 1.54) is 32.3 Å². The molecule has 10 heteroatoms. The maximum absolute atomic E-state index is 14.3. The number of hydrogen-bond acceptors (Lipinski definition) is 7. The van der Waals surface area contributed by atoms with Crippen molar-refractivity contribution in [2.45, 2.75) is 19.3 Å². The van der Waals surface area contributed by atoms with Crippen LogP contribution in [0.2, 0.25) is 0 Å². The molecular weight excluding hydrogens is 519 g/mol. The topological polar surface area (TPSA) is 86.8 Å². The second-order valence-electron chi connectivity index (χ2n) is 9.21. The molecule has 1 fully saturated rings. The van der Waals surface area contributed by atoms with E-state index >= 15 is 0 Å². The molecule has 40 heavy (non-hydrogen) atoms. The molecule has 1 saturated heterocycles. The fourth-order valence-corrected chi connectivity index (χ4v) is 4.61. The third-order valence-electron chi connectivity index (χ3n) is 6.71. The lowest BCUT2D eigenvalue weighted by Crippen LogP contribution is -2.39. The molecule has 0 bridgehead atoms. The summed E-state index contributed by atoms with van der Waals surface area (Å²) < 4.78 is 41.9. The molecule has 0 saturated carbocycles. The van der Waals surface area contributed by atoms with Gasteiger partial charge in [-0.15, -0.1) is 0 Å². The summed E-state index contributed by atoms with van der Waals surface area (Å²) in [4.78, 5) is 30.3. The smallest absolute Gasteiger partial charge is 0.258 e. The van der Waals surface area contributed by atoms with Crippen molar-refractivity contribution in [3.05, 3.63) is 83.2 Å². The number of methoxy groups -OCH3 is 4. The number of rotatable bonds is 10. The van der Waals surface area contributed by atoms with Crippen LogP contribution < -0.4 is 18.9 Å². The van der Waals surface area contributed by atoms with Crippen LogP contribution in [0.15, 0.2) is 60.7 Å². The van der Waals surface area contributed by atoms with Gasteiger partial charge in [-0.3, -0.25) is 9.59 Å². The molecule has 0 radical (unpaired) electrons. The van der Waals surface area contributed by atoms with Crippen molar-refractivity contribution in [2.24, 2.45) is 0 Å². The lowest BCUT2D eigenvalue weighted by atomic mass is 10.1. The van der Waals surface area contributed by atoms with Gasteiger partial charge in [-0.25, -0.2) is 4.39 Å². The average Bonchev–Trinajstić information content (AvgIpc) is 3.13. The summed E-state index contributed by atoms with van der Waals surface area (Å²) in [6, 6.07) is 16.9. The van der Waals surface area contributed by atoms with Gasteiger partial charge in [-0.2, -0.15) is 0 Å². The molecule has 0 aromatic heterocycles. The molecule has 9 nitrogen and oxygen atoms in total. The molecule has 0 aliphatic carbocycles. The largest absolute Gasteiger partial charge is 0.497 e. The molecule has 1 aliphatic heterocycles. The number of amides is 2. The van der Waals surface area contributed by atoms with Crippen LogP contribution in [0.25, 0.3) is 0 Å². The molecule has 0 N–H and O–H groups in total. The molecule has 3 aromatic carbocycles. The molecule has 0 spiro atoms. The van der Waals surface area contributed by atoms with Crippen LogP contribution in [0.4, 0.5) is 4.39 Å². The van der Waals surface area contributed by atoms with E-state index in [2.05, 4.69) is 0 Å². The molecule has 1 unspecified atom stereocenters. The molecular formula is C30H33FN2O7. The molecule has 3 aromatic rings. The number of carbonyl (C=O) groups excluding carboxylic acids is 2. The van der Waals surface area contributed by atoms with Crippen molar-refractivity contribution in [1.29, 1.82) is 0 Å². The maximum Gasteiger partial charge on any atom is 0.258 e. The Hall–Kier alpha value is -4.31. The summed E-state index contributed by atoms with van der Waals surface area (Å²) in [6.07, 6.45) is -0.584. The number of nitrogens with zero attached hydrogens (tertiary/aromatic N) is 2. The van der Waals surface area contributed by atoms with E-state index in [0.29, 0.717) is 23.6 Å². The summed E-state index contributed by atoms with van der Waals surface area (Å²) in [5.74, 6) is 0.507. The van der Waals surface area contributed by atoms with Crippen LogP contribution in [0.1, 0.15) is 21.5 Å². The molecule has 4 rings (SSSR count). The lowest BCUT2D eigenvalue weighted by molar-refractivity contribution is -0.132. The zero-order valence-electron chi connectivity index (χ0n) is 23.0. The Morgan fingerprint density at radius 1 is 0.875 bits per heavy atom. The zero-order chi connectivity index (χ0) is 28.6. The van der Waals surface area contributed by atoms with Crippen molar-refractivity contribution >= 4 is 11.8 Å². The van der Waals surface area contributed by atoms with Crippen molar-refractivity contribution in [3.8, 4) is 23.0 Å². The van der Waals surface area contributed by atoms with E-state index in [1.54, 1.807) is 42.3 Å². The first-order valence-electron chi connectivity index (χ1n) is 12.7. The quantitative estimate of drug-likeness (QED) is 0.377. The molecule has 2 amide bonds. The number of hydrogen-bond donors (Lipinski definition) is 0. The summed E-state index contributed by atoms with van der Waals surface area (Å²) in [6.45, 7) is 0.446. The molecule has 1 heterocycles. The van der Waals surface area contributed by atoms with Gasteiger partial charge < -0.3 is 33.5 Å². The van der Waals surface area contributed by atoms with Crippen LogP contribution in [-0.4, -0.2) is 75.8 Å². The van der Waals surface area contributed by atoms with Crippen molar-refractivity contribution in [3.63, 3.8) is 0 Å². The summed E-state index contributed by atoms with van der Waals surface area (Å²) in [7, 11) is 5.96.